The molecule has 0 aliphatic carbocycles. The van der Waals surface area contributed by atoms with Crippen molar-refractivity contribution in [1.29, 1.82) is 0 Å². The van der Waals surface area contributed by atoms with Gasteiger partial charge in [0.1, 0.15) is 17.3 Å². The smallest absolute Gasteiger partial charge is 0.255 e. The number of carbonyl (C=O) groups is 1. The zero-order chi connectivity index (χ0) is 15.6. The average molecular weight is 287 g/mol. The molecular formula is C17H21NO3. The SMILES string of the molecule is COc1ccc(C)cc1C(C)NC(=O)c1cc(C)oc1C. The molecule has 2 aromatic rings. The van der Waals surface area contributed by atoms with E-state index in [1.165, 1.54) is 0 Å². The van der Waals surface area contributed by atoms with Crippen molar-refractivity contribution in [1.82, 2.24) is 5.32 Å². The highest BCUT2D eigenvalue weighted by Crippen LogP contribution is 2.26. The Hall–Kier alpha value is -2.23. The standard InChI is InChI=1S/C17H21NO3/c1-10-6-7-16(20-5)14(8-10)12(3)18-17(19)15-9-11(2)21-13(15)4/h6-9,12H,1-5H3,(H,18,19). The molecule has 21 heavy (non-hydrogen) atoms. The van der Waals surface area contributed by atoms with Crippen LogP contribution in [0.5, 0.6) is 5.75 Å². The van der Waals surface area contributed by atoms with Crippen molar-refractivity contribution in [2.24, 2.45) is 0 Å². The van der Waals surface area contributed by atoms with Crippen molar-refractivity contribution in [3.63, 3.8) is 0 Å². The maximum absolute atomic E-state index is 12.3. The quantitative estimate of drug-likeness (QED) is 0.932. The van der Waals surface area contributed by atoms with Gasteiger partial charge in [0.2, 0.25) is 0 Å². The van der Waals surface area contributed by atoms with Gasteiger partial charge in [-0.2, -0.15) is 0 Å². The average Bonchev–Trinajstić information content (AvgIpc) is 2.77. The molecule has 1 heterocycles. The Labute approximate surface area is 125 Å². The van der Waals surface area contributed by atoms with E-state index in [-0.39, 0.29) is 11.9 Å². The van der Waals surface area contributed by atoms with Crippen LogP contribution in [0.1, 0.15) is 46.0 Å². The van der Waals surface area contributed by atoms with Gasteiger partial charge in [0.25, 0.3) is 5.91 Å². The zero-order valence-electron chi connectivity index (χ0n) is 13.1. The highest BCUT2D eigenvalue weighted by Gasteiger charge is 2.18. The fourth-order valence-corrected chi connectivity index (χ4v) is 2.40. The van der Waals surface area contributed by atoms with Crippen LogP contribution >= 0.6 is 0 Å². The van der Waals surface area contributed by atoms with Crippen molar-refractivity contribution in [3.05, 3.63) is 52.5 Å². The number of amides is 1. The Bertz CT molecular complexity index is 658. The van der Waals surface area contributed by atoms with E-state index in [1.807, 2.05) is 39.0 Å². The number of hydrogen-bond donors (Lipinski definition) is 1. The molecule has 2 rings (SSSR count). The number of carbonyl (C=O) groups excluding carboxylic acids is 1. The lowest BCUT2D eigenvalue weighted by Gasteiger charge is -2.17. The molecule has 1 aromatic heterocycles. The largest absolute Gasteiger partial charge is 0.496 e. The summed E-state index contributed by atoms with van der Waals surface area (Å²) in [7, 11) is 1.63. The van der Waals surface area contributed by atoms with Gasteiger partial charge in [0, 0.05) is 5.56 Å². The molecule has 4 nitrogen and oxygen atoms in total. The second-order valence-corrected chi connectivity index (χ2v) is 5.27. The van der Waals surface area contributed by atoms with E-state index in [1.54, 1.807) is 20.1 Å². The summed E-state index contributed by atoms with van der Waals surface area (Å²) in [6, 6.07) is 7.53. The summed E-state index contributed by atoms with van der Waals surface area (Å²) >= 11 is 0. The number of rotatable bonds is 4. The topological polar surface area (TPSA) is 51.5 Å². The fraction of sp³-hybridized carbons (Fsp3) is 0.353. The summed E-state index contributed by atoms with van der Waals surface area (Å²) in [6.45, 7) is 7.58. The molecule has 0 spiro atoms. The molecule has 1 N–H and O–H groups in total. The number of furan rings is 1. The molecule has 0 radical (unpaired) electrons. The van der Waals surface area contributed by atoms with E-state index in [0.29, 0.717) is 11.3 Å². The van der Waals surface area contributed by atoms with Crippen molar-refractivity contribution >= 4 is 5.91 Å². The summed E-state index contributed by atoms with van der Waals surface area (Å²) in [6.07, 6.45) is 0. The van der Waals surface area contributed by atoms with Crippen molar-refractivity contribution < 1.29 is 13.9 Å². The van der Waals surface area contributed by atoms with Gasteiger partial charge in [0.15, 0.2) is 0 Å². The number of methoxy groups -OCH3 is 1. The Morgan fingerprint density at radius 2 is 1.95 bits per heavy atom. The van der Waals surface area contributed by atoms with Gasteiger partial charge >= 0.3 is 0 Å². The van der Waals surface area contributed by atoms with Crippen molar-refractivity contribution in [3.8, 4) is 5.75 Å². The van der Waals surface area contributed by atoms with E-state index >= 15 is 0 Å². The highest BCUT2D eigenvalue weighted by atomic mass is 16.5. The molecule has 0 aliphatic rings. The van der Waals surface area contributed by atoms with Crippen LogP contribution in [-0.4, -0.2) is 13.0 Å². The van der Waals surface area contributed by atoms with Gasteiger partial charge < -0.3 is 14.5 Å². The van der Waals surface area contributed by atoms with Crippen LogP contribution in [-0.2, 0) is 0 Å². The molecular weight excluding hydrogens is 266 g/mol. The number of hydrogen-bond acceptors (Lipinski definition) is 3. The van der Waals surface area contributed by atoms with Crippen LogP contribution in [0.15, 0.2) is 28.7 Å². The molecule has 112 valence electrons. The van der Waals surface area contributed by atoms with E-state index < -0.39 is 0 Å². The molecule has 0 saturated carbocycles. The highest BCUT2D eigenvalue weighted by molar-refractivity contribution is 5.95. The Kier molecular flexibility index (Phi) is 4.36. The lowest BCUT2D eigenvalue weighted by molar-refractivity contribution is 0.0938. The molecule has 0 saturated heterocycles. The van der Waals surface area contributed by atoms with Crippen LogP contribution in [0.25, 0.3) is 0 Å². The maximum Gasteiger partial charge on any atom is 0.255 e. The monoisotopic (exact) mass is 287 g/mol. The van der Waals surface area contributed by atoms with Crippen molar-refractivity contribution in [2.75, 3.05) is 7.11 Å². The first-order valence-electron chi connectivity index (χ1n) is 6.94. The van der Waals surface area contributed by atoms with Gasteiger partial charge in [-0.1, -0.05) is 17.7 Å². The number of ether oxygens (including phenoxy) is 1. The van der Waals surface area contributed by atoms with Crippen LogP contribution in [0.2, 0.25) is 0 Å². The second-order valence-electron chi connectivity index (χ2n) is 5.27. The van der Waals surface area contributed by atoms with Crippen LogP contribution < -0.4 is 10.1 Å². The number of nitrogens with one attached hydrogen (secondary N) is 1. The second kappa shape index (κ2) is 6.04. The van der Waals surface area contributed by atoms with Crippen LogP contribution in [0, 0.1) is 20.8 Å². The Morgan fingerprint density at radius 3 is 2.52 bits per heavy atom. The van der Waals surface area contributed by atoms with Gasteiger partial charge in [-0.05, 0) is 39.8 Å². The predicted molar refractivity (Wildman–Crippen MR) is 81.8 cm³/mol. The third kappa shape index (κ3) is 3.27. The van der Waals surface area contributed by atoms with Gasteiger partial charge in [0.05, 0.1) is 18.7 Å². The molecule has 1 unspecified atom stereocenters. The summed E-state index contributed by atoms with van der Waals surface area (Å²) in [5.41, 5.74) is 2.66. The van der Waals surface area contributed by atoms with E-state index in [0.717, 1.165) is 22.6 Å². The van der Waals surface area contributed by atoms with E-state index in [4.69, 9.17) is 9.15 Å². The summed E-state index contributed by atoms with van der Waals surface area (Å²) in [5.74, 6) is 2.00. The predicted octanol–water partition coefficient (Wildman–Crippen LogP) is 3.70. The Balaban J connectivity index is 2.21. The van der Waals surface area contributed by atoms with Crippen molar-refractivity contribution in [2.45, 2.75) is 33.7 Å². The molecule has 0 fully saturated rings. The molecule has 0 bridgehead atoms. The first-order chi connectivity index (χ1) is 9.92. The molecule has 1 atom stereocenters. The molecule has 1 aromatic carbocycles. The number of aryl methyl sites for hydroxylation is 3. The third-order valence-electron chi connectivity index (χ3n) is 3.48. The molecule has 0 aliphatic heterocycles. The first-order valence-corrected chi connectivity index (χ1v) is 6.94. The lowest BCUT2D eigenvalue weighted by Crippen LogP contribution is -2.27. The normalized spacial score (nSPS) is 12.0. The van der Waals surface area contributed by atoms with Gasteiger partial charge in [-0.15, -0.1) is 0 Å². The minimum atomic E-state index is -0.151. The lowest BCUT2D eigenvalue weighted by atomic mass is 10.0. The number of benzene rings is 1. The first kappa shape index (κ1) is 15.2. The van der Waals surface area contributed by atoms with Gasteiger partial charge in [-0.25, -0.2) is 0 Å². The molecule has 4 heteroatoms. The third-order valence-corrected chi connectivity index (χ3v) is 3.48. The zero-order valence-corrected chi connectivity index (χ0v) is 13.1. The minimum absolute atomic E-state index is 0.139. The summed E-state index contributed by atoms with van der Waals surface area (Å²) in [5, 5.41) is 2.99. The Morgan fingerprint density at radius 1 is 1.24 bits per heavy atom. The van der Waals surface area contributed by atoms with Crippen LogP contribution in [0.4, 0.5) is 0 Å². The minimum Gasteiger partial charge on any atom is -0.496 e. The fourth-order valence-electron chi connectivity index (χ4n) is 2.40. The summed E-state index contributed by atoms with van der Waals surface area (Å²) < 4.78 is 10.8. The summed E-state index contributed by atoms with van der Waals surface area (Å²) in [4.78, 5) is 12.3. The van der Waals surface area contributed by atoms with Gasteiger partial charge in [-0.3, -0.25) is 4.79 Å². The van der Waals surface area contributed by atoms with Crippen LogP contribution in [0.3, 0.4) is 0 Å². The maximum atomic E-state index is 12.3. The van der Waals surface area contributed by atoms with E-state index in [2.05, 4.69) is 5.32 Å². The molecule has 1 amide bonds. The van der Waals surface area contributed by atoms with E-state index in [9.17, 15) is 4.79 Å².